The summed E-state index contributed by atoms with van der Waals surface area (Å²) in [7, 11) is 3.59. The molecule has 1 rings (SSSR count). The highest BCUT2D eigenvalue weighted by atomic mass is 127. The number of nitriles is 1. The summed E-state index contributed by atoms with van der Waals surface area (Å²) in [5.41, 5.74) is 0.486. The third-order valence-corrected chi connectivity index (χ3v) is 2.75. The Kier molecular flexibility index (Phi) is 4.29. The highest BCUT2D eigenvalue weighted by molar-refractivity contribution is 14.1. The van der Waals surface area contributed by atoms with Gasteiger partial charge < -0.3 is 9.64 Å². The molecule has 1 aromatic rings. The van der Waals surface area contributed by atoms with Crippen molar-refractivity contribution in [3.05, 3.63) is 27.3 Å². The molecule has 0 unspecified atom stereocenters. The lowest BCUT2D eigenvalue weighted by Crippen LogP contribution is -2.25. The number of hydrogen-bond acceptors (Lipinski definition) is 3. The van der Waals surface area contributed by atoms with Crippen molar-refractivity contribution in [3.63, 3.8) is 0 Å². The molecule has 0 spiro atoms. The Hall–Kier alpha value is -0.870. The maximum absolute atomic E-state index is 8.87. The monoisotopic (exact) mass is 332 g/mol. The van der Waals surface area contributed by atoms with Crippen LogP contribution in [-0.4, -0.2) is 24.2 Å². The van der Waals surface area contributed by atoms with Crippen molar-refractivity contribution in [1.29, 1.82) is 5.26 Å². The summed E-state index contributed by atoms with van der Waals surface area (Å²) >= 11 is 7.16. The van der Waals surface area contributed by atoms with Crippen LogP contribution in [0.1, 0.15) is 5.56 Å². The van der Waals surface area contributed by atoms with Gasteiger partial charge in [-0.05, 0) is 53.0 Å². The first-order valence-electron chi connectivity index (χ1n) is 4.13. The van der Waals surface area contributed by atoms with E-state index < -0.39 is 0 Å². The first-order chi connectivity index (χ1) is 7.04. The van der Waals surface area contributed by atoms with Crippen LogP contribution in [0.3, 0.4) is 0 Å². The third kappa shape index (κ3) is 3.32. The lowest BCUT2D eigenvalue weighted by atomic mass is 10.2. The van der Waals surface area contributed by atoms with Crippen molar-refractivity contribution in [3.8, 4) is 11.8 Å². The van der Waals surface area contributed by atoms with Gasteiger partial charge in [0.05, 0.1) is 5.56 Å². The molecule has 0 saturated carbocycles. The molecule has 0 aliphatic rings. The Morgan fingerprint density at radius 2 is 2.20 bits per heavy atom. The van der Waals surface area contributed by atoms with Crippen molar-refractivity contribution in [1.82, 2.24) is 4.90 Å². The molecule has 15 heavy (non-hydrogen) atoms. The van der Waals surface area contributed by atoms with E-state index in [-0.39, 0.29) is 0 Å². The maximum atomic E-state index is 8.87. The van der Waals surface area contributed by atoms with Crippen LogP contribution in [0.15, 0.2) is 18.2 Å². The second kappa shape index (κ2) is 5.28. The average molecular weight is 332 g/mol. The summed E-state index contributed by atoms with van der Waals surface area (Å²) in [5.74, 6) is 0.503. The minimum Gasteiger partial charge on any atom is -0.430 e. The predicted octanol–water partition coefficient (Wildman–Crippen LogP) is 2.39. The van der Waals surface area contributed by atoms with Gasteiger partial charge in [-0.25, -0.2) is 0 Å². The van der Waals surface area contributed by atoms with Crippen LogP contribution >= 0.6 is 34.8 Å². The molecule has 3 nitrogen and oxygen atoms in total. The predicted molar refractivity (Wildman–Crippen MR) is 70.8 cm³/mol. The van der Waals surface area contributed by atoms with Gasteiger partial charge in [0, 0.05) is 17.7 Å². The van der Waals surface area contributed by atoms with E-state index in [2.05, 4.69) is 28.7 Å². The van der Waals surface area contributed by atoms with Gasteiger partial charge in [-0.15, -0.1) is 0 Å². The molecule has 0 amide bonds. The molecule has 0 N–H and O–H groups in total. The van der Waals surface area contributed by atoms with Crippen molar-refractivity contribution in [2.24, 2.45) is 0 Å². The lowest BCUT2D eigenvalue weighted by Gasteiger charge is -2.14. The van der Waals surface area contributed by atoms with Gasteiger partial charge in [-0.3, -0.25) is 0 Å². The summed E-state index contributed by atoms with van der Waals surface area (Å²) < 4.78 is 6.41. The van der Waals surface area contributed by atoms with Crippen LogP contribution in [0.2, 0.25) is 0 Å². The first-order valence-corrected chi connectivity index (χ1v) is 5.62. The molecule has 0 atom stereocenters. The van der Waals surface area contributed by atoms with Gasteiger partial charge in [0.25, 0.3) is 5.17 Å². The average Bonchev–Trinajstić information content (AvgIpc) is 2.18. The number of nitrogens with zero attached hydrogens (tertiary/aromatic N) is 2. The Balaban J connectivity index is 2.98. The lowest BCUT2D eigenvalue weighted by molar-refractivity contribution is 0.448. The van der Waals surface area contributed by atoms with Crippen LogP contribution in [0, 0.1) is 14.9 Å². The molecule has 0 saturated heterocycles. The fourth-order valence-corrected chi connectivity index (χ4v) is 1.41. The molecule has 5 heteroatoms. The van der Waals surface area contributed by atoms with Crippen LogP contribution < -0.4 is 4.74 Å². The van der Waals surface area contributed by atoms with E-state index in [0.717, 1.165) is 3.57 Å². The highest BCUT2D eigenvalue weighted by Crippen LogP contribution is 2.21. The summed E-state index contributed by atoms with van der Waals surface area (Å²) in [4.78, 5) is 1.68. The molecule has 78 valence electrons. The minimum absolute atomic E-state index is 0.341. The molecular weight excluding hydrogens is 323 g/mol. The summed E-state index contributed by atoms with van der Waals surface area (Å²) in [6.07, 6.45) is 0. The number of ether oxygens (including phenoxy) is 1. The van der Waals surface area contributed by atoms with Gasteiger partial charge >= 0.3 is 0 Å². The van der Waals surface area contributed by atoms with Crippen molar-refractivity contribution in [2.45, 2.75) is 0 Å². The number of thiocarbonyl (C=S) groups is 1. The van der Waals surface area contributed by atoms with Gasteiger partial charge in [-0.1, -0.05) is 0 Å². The zero-order valence-electron chi connectivity index (χ0n) is 8.32. The molecule has 0 radical (unpaired) electrons. The fourth-order valence-electron chi connectivity index (χ4n) is 0.858. The zero-order valence-corrected chi connectivity index (χ0v) is 11.3. The quantitative estimate of drug-likeness (QED) is 0.584. The standard InChI is InChI=1S/C10H9IN2OS/c1-13(2)10(15)14-9-5-8(11)4-3-7(9)6-12/h3-5H,1-2H3. The van der Waals surface area contributed by atoms with Gasteiger partial charge in [0.15, 0.2) is 0 Å². The Bertz CT molecular complexity index is 426. The Morgan fingerprint density at radius 3 is 2.73 bits per heavy atom. The zero-order chi connectivity index (χ0) is 11.4. The molecular formula is C10H9IN2OS. The van der Waals surface area contributed by atoms with E-state index in [0.29, 0.717) is 16.5 Å². The van der Waals surface area contributed by atoms with Crippen molar-refractivity contribution >= 4 is 40.0 Å². The number of hydrogen-bond donors (Lipinski definition) is 0. The smallest absolute Gasteiger partial charge is 0.264 e. The van der Waals surface area contributed by atoms with Crippen LogP contribution in [-0.2, 0) is 0 Å². The van der Waals surface area contributed by atoms with E-state index in [4.69, 9.17) is 22.2 Å². The number of benzene rings is 1. The van der Waals surface area contributed by atoms with E-state index in [1.54, 1.807) is 31.1 Å². The van der Waals surface area contributed by atoms with E-state index >= 15 is 0 Å². The summed E-state index contributed by atoms with van der Waals surface area (Å²) in [6, 6.07) is 7.42. The second-order valence-electron chi connectivity index (χ2n) is 3.01. The second-order valence-corrected chi connectivity index (χ2v) is 4.61. The fraction of sp³-hybridized carbons (Fsp3) is 0.200. The normalized spacial score (nSPS) is 9.20. The van der Waals surface area contributed by atoms with E-state index in [1.807, 2.05) is 6.07 Å². The van der Waals surface area contributed by atoms with Crippen LogP contribution in [0.4, 0.5) is 0 Å². The number of rotatable bonds is 1. The highest BCUT2D eigenvalue weighted by Gasteiger charge is 2.08. The SMILES string of the molecule is CN(C)C(=S)Oc1cc(I)ccc1C#N. The molecule has 0 fully saturated rings. The van der Waals surface area contributed by atoms with Crippen LogP contribution in [0.5, 0.6) is 5.75 Å². The van der Waals surface area contributed by atoms with Crippen molar-refractivity contribution in [2.75, 3.05) is 14.1 Å². The van der Waals surface area contributed by atoms with Crippen LogP contribution in [0.25, 0.3) is 0 Å². The maximum Gasteiger partial charge on any atom is 0.264 e. The molecule has 1 aromatic carbocycles. The summed E-state index contributed by atoms with van der Waals surface area (Å²) in [6.45, 7) is 0. The molecule has 0 aromatic heterocycles. The number of halogens is 1. The van der Waals surface area contributed by atoms with E-state index in [1.165, 1.54) is 0 Å². The Labute approximate surface area is 108 Å². The Morgan fingerprint density at radius 1 is 1.53 bits per heavy atom. The molecule has 0 aliphatic carbocycles. The third-order valence-electron chi connectivity index (χ3n) is 1.63. The van der Waals surface area contributed by atoms with Crippen molar-refractivity contribution < 1.29 is 4.74 Å². The minimum atomic E-state index is 0.341. The first kappa shape index (κ1) is 12.2. The molecule has 0 bridgehead atoms. The molecule has 0 aliphatic heterocycles. The summed E-state index contributed by atoms with van der Waals surface area (Å²) in [5, 5.41) is 9.21. The topological polar surface area (TPSA) is 36.3 Å². The van der Waals surface area contributed by atoms with Gasteiger partial charge in [-0.2, -0.15) is 5.26 Å². The molecule has 0 heterocycles. The van der Waals surface area contributed by atoms with E-state index in [9.17, 15) is 0 Å². The largest absolute Gasteiger partial charge is 0.430 e. The van der Waals surface area contributed by atoms with Gasteiger partial charge in [0.2, 0.25) is 0 Å². The van der Waals surface area contributed by atoms with Gasteiger partial charge in [0.1, 0.15) is 11.8 Å².